The van der Waals surface area contributed by atoms with Crippen LogP contribution in [0.15, 0.2) is 0 Å². The summed E-state index contributed by atoms with van der Waals surface area (Å²) in [4.78, 5) is 2.57. The Labute approximate surface area is 115 Å². The van der Waals surface area contributed by atoms with Crippen LogP contribution >= 0.6 is 0 Å². The van der Waals surface area contributed by atoms with Gasteiger partial charge >= 0.3 is 0 Å². The Hall–Kier alpha value is -0.0800. The summed E-state index contributed by atoms with van der Waals surface area (Å²) in [6.45, 7) is 16.3. The topological polar surface area (TPSA) is 15.3 Å². The highest BCUT2D eigenvalue weighted by Gasteiger charge is 2.23. The monoisotopic (exact) mass is 254 g/mol. The van der Waals surface area contributed by atoms with Crippen LogP contribution in [-0.2, 0) is 0 Å². The predicted molar refractivity (Wildman–Crippen MR) is 80.9 cm³/mol. The first-order valence-corrected chi connectivity index (χ1v) is 7.89. The SMILES string of the molecule is CC1CC(C)CC(NCCN(C(C)C)C(C)C)C1. The van der Waals surface area contributed by atoms with Crippen molar-refractivity contribution < 1.29 is 0 Å². The van der Waals surface area contributed by atoms with Gasteiger partial charge in [-0.25, -0.2) is 0 Å². The molecule has 0 aromatic heterocycles. The van der Waals surface area contributed by atoms with Crippen molar-refractivity contribution in [3.05, 3.63) is 0 Å². The average Bonchev–Trinajstić information content (AvgIpc) is 2.21. The van der Waals surface area contributed by atoms with E-state index in [0.717, 1.165) is 24.4 Å². The van der Waals surface area contributed by atoms with Gasteiger partial charge in [0.2, 0.25) is 0 Å². The summed E-state index contributed by atoms with van der Waals surface area (Å²) in [7, 11) is 0. The lowest BCUT2D eigenvalue weighted by atomic mass is 9.80. The molecule has 1 rings (SSSR count). The zero-order valence-electron chi connectivity index (χ0n) is 13.4. The van der Waals surface area contributed by atoms with Gasteiger partial charge in [-0.15, -0.1) is 0 Å². The number of nitrogens with zero attached hydrogens (tertiary/aromatic N) is 1. The van der Waals surface area contributed by atoms with Crippen molar-refractivity contribution in [3.8, 4) is 0 Å². The van der Waals surface area contributed by atoms with E-state index in [1.54, 1.807) is 0 Å². The zero-order chi connectivity index (χ0) is 13.7. The fourth-order valence-electron chi connectivity index (χ4n) is 3.62. The minimum atomic E-state index is 0.649. The summed E-state index contributed by atoms with van der Waals surface area (Å²) in [5, 5.41) is 3.78. The van der Waals surface area contributed by atoms with Crippen molar-refractivity contribution in [1.29, 1.82) is 0 Å². The van der Waals surface area contributed by atoms with Crippen molar-refractivity contribution in [3.63, 3.8) is 0 Å². The summed E-state index contributed by atoms with van der Waals surface area (Å²) in [6, 6.07) is 2.05. The first-order chi connectivity index (χ1) is 8.40. The molecule has 1 fully saturated rings. The van der Waals surface area contributed by atoms with Crippen LogP contribution in [0.25, 0.3) is 0 Å². The van der Waals surface area contributed by atoms with Gasteiger partial charge in [0.1, 0.15) is 0 Å². The largest absolute Gasteiger partial charge is 0.313 e. The standard InChI is InChI=1S/C16H34N2/c1-12(2)18(13(3)4)8-7-17-16-10-14(5)9-15(6)11-16/h12-17H,7-11H2,1-6H3. The Morgan fingerprint density at radius 2 is 1.44 bits per heavy atom. The molecule has 108 valence electrons. The summed E-state index contributed by atoms with van der Waals surface area (Å²) >= 11 is 0. The maximum atomic E-state index is 3.78. The molecule has 2 unspecified atom stereocenters. The summed E-state index contributed by atoms with van der Waals surface area (Å²) in [5.41, 5.74) is 0. The normalized spacial score (nSPS) is 29.5. The lowest BCUT2D eigenvalue weighted by molar-refractivity contribution is 0.166. The van der Waals surface area contributed by atoms with Crippen molar-refractivity contribution in [1.82, 2.24) is 10.2 Å². The van der Waals surface area contributed by atoms with Gasteiger partial charge in [0.15, 0.2) is 0 Å². The van der Waals surface area contributed by atoms with Crippen molar-refractivity contribution in [2.45, 2.75) is 78.9 Å². The molecule has 18 heavy (non-hydrogen) atoms. The van der Waals surface area contributed by atoms with Crippen LogP contribution in [0.5, 0.6) is 0 Å². The number of rotatable bonds is 6. The van der Waals surface area contributed by atoms with Crippen molar-refractivity contribution in [2.24, 2.45) is 11.8 Å². The third kappa shape index (κ3) is 5.27. The van der Waals surface area contributed by atoms with E-state index in [4.69, 9.17) is 0 Å². The highest BCUT2D eigenvalue weighted by atomic mass is 15.2. The Bertz CT molecular complexity index is 207. The number of hydrogen-bond donors (Lipinski definition) is 1. The Morgan fingerprint density at radius 1 is 0.944 bits per heavy atom. The molecule has 0 saturated heterocycles. The fourth-order valence-corrected chi connectivity index (χ4v) is 3.62. The molecular weight excluding hydrogens is 220 g/mol. The van der Waals surface area contributed by atoms with E-state index in [1.807, 2.05) is 0 Å². The van der Waals surface area contributed by atoms with Crippen LogP contribution < -0.4 is 5.32 Å². The molecule has 0 amide bonds. The number of hydrogen-bond acceptors (Lipinski definition) is 2. The summed E-state index contributed by atoms with van der Waals surface area (Å²) < 4.78 is 0. The second-order valence-electron chi connectivity index (χ2n) is 6.99. The first kappa shape index (κ1) is 16.0. The molecule has 0 heterocycles. The third-order valence-corrected chi connectivity index (χ3v) is 4.31. The van der Waals surface area contributed by atoms with Crippen LogP contribution in [0, 0.1) is 11.8 Å². The van der Waals surface area contributed by atoms with E-state index in [2.05, 4.69) is 51.8 Å². The molecule has 1 aliphatic carbocycles. The van der Waals surface area contributed by atoms with Gasteiger partial charge in [-0.2, -0.15) is 0 Å². The summed E-state index contributed by atoms with van der Waals surface area (Å²) in [5.74, 6) is 1.80. The second kappa shape index (κ2) is 7.49. The third-order valence-electron chi connectivity index (χ3n) is 4.31. The van der Waals surface area contributed by atoms with Gasteiger partial charge in [-0.05, 0) is 58.8 Å². The van der Waals surface area contributed by atoms with Crippen LogP contribution in [0.4, 0.5) is 0 Å². The lowest BCUT2D eigenvalue weighted by Crippen LogP contribution is -2.44. The minimum absolute atomic E-state index is 0.649. The van der Waals surface area contributed by atoms with Gasteiger partial charge in [-0.3, -0.25) is 4.90 Å². The predicted octanol–water partition coefficient (Wildman–Crippen LogP) is 3.52. The minimum Gasteiger partial charge on any atom is -0.313 e. The molecule has 0 spiro atoms. The first-order valence-electron chi connectivity index (χ1n) is 7.89. The van der Waals surface area contributed by atoms with Crippen LogP contribution in [0.3, 0.4) is 0 Å². The van der Waals surface area contributed by atoms with E-state index >= 15 is 0 Å². The smallest absolute Gasteiger partial charge is 0.0112 e. The molecule has 2 heteroatoms. The lowest BCUT2D eigenvalue weighted by Gasteiger charge is -2.34. The molecule has 1 aliphatic rings. The molecule has 1 N–H and O–H groups in total. The molecule has 0 aromatic carbocycles. The Morgan fingerprint density at radius 3 is 1.89 bits per heavy atom. The van der Waals surface area contributed by atoms with E-state index in [0.29, 0.717) is 12.1 Å². The molecule has 0 aliphatic heterocycles. The van der Waals surface area contributed by atoms with E-state index in [-0.39, 0.29) is 0 Å². The maximum Gasteiger partial charge on any atom is 0.0112 e. The molecule has 0 radical (unpaired) electrons. The highest BCUT2D eigenvalue weighted by molar-refractivity contribution is 4.80. The molecule has 0 aromatic rings. The van der Waals surface area contributed by atoms with Crippen molar-refractivity contribution in [2.75, 3.05) is 13.1 Å². The highest BCUT2D eigenvalue weighted by Crippen LogP contribution is 2.28. The van der Waals surface area contributed by atoms with Crippen LogP contribution in [0.2, 0.25) is 0 Å². The number of nitrogens with one attached hydrogen (secondary N) is 1. The zero-order valence-corrected chi connectivity index (χ0v) is 13.4. The average molecular weight is 254 g/mol. The van der Waals surface area contributed by atoms with Gasteiger partial charge in [0.25, 0.3) is 0 Å². The molecular formula is C16H34N2. The molecule has 2 nitrogen and oxygen atoms in total. The fraction of sp³-hybridized carbons (Fsp3) is 1.00. The molecule has 0 bridgehead atoms. The Kier molecular flexibility index (Phi) is 6.65. The second-order valence-corrected chi connectivity index (χ2v) is 6.99. The van der Waals surface area contributed by atoms with Crippen LogP contribution in [0.1, 0.15) is 60.8 Å². The van der Waals surface area contributed by atoms with Gasteiger partial charge in [0, 0.05) is 31.2 Å². The van der Waals surface area contributed by atoms with Crippen LogP contribution in [-0.4, -0.2) is 36.1 Å². The van der Waals surface area contributed by atoms with E-state index in [1.165, 1.54) is 25.8 Å². The van der Waals surface area contributed by atoms with Gasteiger partial charge in [0.05, 0.1) is 0 Å². The molecule has 2 atom stereocenters. The van der Waals surface area contributed by atoms with E-state index < -0.39 is 0 Å². The van der Waals surface area contributed by atoms with Crippen molar-refractivity contribution >= 4 is 0 Å². The van der Waals surface area contributed by atoms with Gasteiger partial charge in [-0.1, -0.05) is 13.8 Å². The van der Waals surface area contributed by atoms with Gasteiger partial charge < -0.3 is 5.32 Å². The Balaban J connectivity index is 2.28. The molecule has 1 saturated carbocycles. The van der Waals surface area contributed by atoms with E-state index in [9.17, 15) is 0 Å². The summed E-state index contributed by atoms with van der Waals surface area (Å²) in [6.07, 6.45) is 4.16. The maximum absolute atomic E-state index is 3.78. The quantitative estimate of drug-likeness (QED) is 0.780.